The number of aromatic nitrogens is 5. The highest BCUT2D eigenvalue weighted by Gasteiger charge is 2.27. The van der Waals surface area contributed by atoms with Gasteiger partial charge in [-0.1, -0.05) is 0 Å². The van der Waals surface area contributed by atoms with Crippen LogP contribution in [-0.4, -0.2) is 88.4 Å². The highest BCUT2D eigenvalue weighted by molar-refractivity contribution is 5.89. The molecule has 2 fully saturated rings. The van der Waals surface area contributed by atoms with Gasteiger partial charge in [-0.05, 0) is 49.1 Å². The minimum Gasteiger partial charge on any atom is -0.465 e. The number of piperidine rings is 1. The summed E-state index contributed by atoms with van der Waals surface area (Å²) in [5.74, 6) is 1.61. The Hall–Kier alpha value is -4.26. The fourth-order valence-corrected chi connectivity index (χ4v) is 5.39. The number of esters is 1. The molecule has 0 aliphatic carbocycles. The fourth-order valence-electron chi connectivity index (χ4n) is 5.39. The highest BCUT2D eigenvalue weighted by atomic mass is 19.1. The van der Waals surface area contributed by atoms with Crippen LogP contribution in [-0.2, 0) is 4.74 Å². The van der Waals surface area contributed by atoms with Crippen LogP contribution >= 0.6 is 0 Å². The van der Waals surface area contributed by atoms with E-state index in [1.807, 2.05) is 4.90 Å². The van der Waals surface area contributed by atoms with E-state index in [2.05, 4.69) is 34.6 Å². The SMILES string of the molecule is COC(=O)c1ccc(N2CCN(CC3CCCN(c4nc(N)n5nc(-c6ccco6)nc5n4)C3)CC2)c(F)c1. The second-order valence-electron chi connectivity index (χ2n) is 9.91. The number of carbonyl (C=O) groups excluding carboxylic acids is 1. The Kier molecular flexibility index (Phi) is 6.73. The second-order valence-corrected chi connectivity index (χ2v) is 9.91. The van der Waals surface area contributed by atoms with Gasteiger partial charge in [0.2, 0.25) is 17.7 Å². The van der Waals surface area contributed by atoms with Gasteiger partial charge in [0.1, 0.15) is 5.82 Å². The average Bonchev–Trinajstić information content (AvgIpc) is 3.64. The molecule has 4 aromatic rings. The molecule has 0 spiro atoms. The van der Waals surface area contributed by atoms with Crippen LogP contribution < -0.4 is 15.5 Å². The molecule has 0 saturated carbocycles. The minimum absolute atomic E-state index is 0.214. The molecule has 1 atom stereocenters. The first-order valence-electron chi connectivity index (χ1n) is 13.0. The van der Waals surface area contributed by atoms with Crippen molar-refractivity contribution in [2.75, 3.05) is 68.5 Å². The molecule has 0 bridgehead atoms. The molecular formula is C26H30FN9O3. The molecule has 1 unspecified atom stereocenters. The fraction of sp³-hybridized carbons (Fsp3) is 0.423. The summed E-state index contributed by atoms with van der Waals surface area (Å²) in [7, 11) is 1.29. The summed E-state index contributed by atoms with van der Waals surface area (Å²) in [4.78, 5) is 31.9. The van der Waals surface area contributed by atoms with E-state index in [9.17, 15) is 9.18 Å². The van der Waals surface area contributed by atoms with Crippen LogP contribution in [0.3, 0.4) is 0 Å². The number of nitrogens with zero attached hydrogens (tertiary/aromatic N) is 8. The van der Waals surface area contributed by atoms with Crippen LogP contribution in [0.5, 0.6) is 0 Å². The lowest BCUT2D eigenvalue weighted by Crippen LogP contribution is -2.50. The lowest BCUT2D eigenvalue weighted by molar-refractivity contribution is 0.0600. The van der Waals surface area contributed by atoms with Gasteiger partial charge in [-0.3, -0.25) is 4.90 Å². The minimum atomic E-state index is -0.542. The summed E-state index contributed by atoms with van der Waals surface area (Å²) < 4.78 is 26.2. The van der Waals surface area contributed by atoms with Crippen molar-refractivity contribution in [1.82, 2.24) is 29.5 Å². The normalized spacial score (nSPS) is 18.6. The highest BCUT2D eigenvalue weighted by Crippen LogP contribution is 2.26. The zero-order valence-electron chi connectivity index (χ0n) is 21.7. The first-order valence-corrected chi connectivity index (χ1v) is 13.0. The molecular weight excluding hydrogens is 505 g/mol. The lowest BCUT2D eigenvalue weighted by atomic mass is 9.97. The van der Waals surface area contributed by atoms with Gasteiger partial charge in [0, 0.05) is 45.8 Å². The van der Waals surface area contributed by atoms with Crippen molar-refractivity contribution in [3.63, 3.8) is 0 Å². The molecule has 12 nitrogen and oxygen atoms in total. The zero-order valence-corrected chi connectivity index (χ0v) is 21.7. The summed E-state index contributed by atoms with van der Waals surface area (Å²) in [5.41, 5.74) is 6.93. The van der Waals surface area contributed by atoms with Gasteiger partial charge >= 0.3 is 5.97 Å². The molecule has 5 heterocycles. The Morgan fingerprint density at radius 1 is 1.13 bits per heavy atom. The lowest BCUT2D eigenvalue weighted by Gasteiger charge is -2.40. The number of furan rings is 1. The summed E-state index contributed by atoms with van der Waals surface area (Å²) in [6.45, 7) is 5.70. The number of nitrogens with two attached hydrogens (primary N) is 1. The molecule has 0 radical (unpaired) electrons. The van der Waals surface area contributed by atoms with Crippen molar-refractivity contribution in [3.8, 4) is 11.6 Å². The van der Waals surface area contributed by atoms with Crippen molar-refractivity contribution in [3.05, 3.63) is 48.0 Å². The molecule has 2 saturated heterocycles. The average molecular weight is 536 g/mol. The van der Waals surface area contributed by atoms with Crippen molar-refractivity contribution in [1.29, 1.82) is 0 Å². The Morgan fingerprint density at radius 3 is 2.72 bits per heavy atom. The number of hydrogen-bond donors (Lipinski definition) is 1. The maximum Gasteiger partial charge on any atom is 0.337 e. The summed E-state index contributed by atoms with van der Waals surface area (Å²) in [6, 6.07) is 8.07. The van der Waals surface area contributed by atoms with E-state index in [-0.39, 0.29) is 11.5 Å². The Bertz CT molecular complexity index is 1470. The van der Waals surface area contributed by atoms with E-state index in [0.717, 1.165) is 45.6 Å². The molecule has 6 rings (SSSR count). The first kappa shape index (κ1) is 25.0. The van der Waals surface area contributed by atoms with Crippen LogP contribution in [0.25, 0.3) is 17.4 Å². The first-order chi connectivity index (χ1) is 19.0. The van der Waals surface area contributed by atoms with Crippen molar-refractivity contribution < 1.29 is 18.3 Å². The van der Waals surface area contributed by atoms with Gasteiger partial charge in [0.25, 0.3) is 5.78 Å². The van der Waals surface area contributed by atoms with Crippen LogP contribution in [0.1, 0.15) is 23.2 Å². The van der Waals surface area contributed by atoms with Crippen LogP contribution in [0, 0.1) is 11.7 Å². The van der Waals surface area contributed by atoms with Crippen LogP contribution in [0.4, 0.5) is 22.0 Å². The van der Waals surface area contributed by atoms with Gasteiger partial charge in [0.15, 0.2) is 5.76 Å². The second kappa shape index (κ2) is 10.5. The predicted molar refractivity (Wildman–Crippen MR) is 142 cm³/mol. The number of methoxy groups -OCH3 is 1. The van der Waals surface area contributed by atoms with E-state index in [4.69, 9.17) is 10.2 Å². The third-order valence-corrected chi connectivity index (χ3v) is 7.36. The summed E-state index contributed by atoms with van der Waals surface area (Å²) >= 11 is 0. The third-order valence-electron chi connectivity index (χ3n) is 7.36. The molecule has 39 heavy (non-hydrogen) atoms. The van der Waals surface area contributed by atoms with Gasteiger partial charge < -0.3 is 24.7 Å². The van der Waals surface area contributed by atoms with Gasteiger partial charge in [0.05, 0.1) is 24.6 Å². The zero-order chi connectivity index (χ0) is 26.9. The number of anilines is 3. The molecule has 0 amide bonds. The van der Waals surface area contributed by atoms with Gasteiger partial charge in [-0.2, -0.15) is 19.5 Å². The van der Waals surface area contributed by atoms with E-state index < -0.39 is 11.8 Å². The molecule has 2 N–H and O–H groups in total. The van der Waals surface area contributed by atoms with Gasteiger partial charge in [-0.15, -0.1) is 5.10 Å². The number of rotatable bonds is 6. The smallest absolute Gasteiger partial charge is 0.337 e. The maximum absolute atomic E-state index is 14.7. The maximum atomic E-state index is 14.7. The number of nitrogen functional groups attached to an aromatic ring is 1. The molecule has 2 aliphatic heterocycles. The van der Waals surface area contributed by atoms with Gasteiger partial charge in [-0.25, -0.2) is 9.18 Å². The molecule has 13 heteroatoms. The number of hydrogen-bond acceptors (Lipinski definition) is 11. The third kappa shape index (κ3) is 5.09. The van der Waals surface area contributed by atoms with E-state index in [0.29, 0.717) is 48.0 Å². The predicted octanol–water partition coefficient (Wildman–Crippen LogP) is 2.33. The Balaban J connectivity index is 1.08. The molecule has 2 aliphatic rings. The monoisotopic (exact) mass is 535 g/mol. The Morgan fingerprint density at radius 2 is 1.97 bits per heavy atom. The number of carbonyl (C=O) groups is 1. The van der Waals surface area contributed by atoms with Crippen molar-refractivity contribution in [2.45, 2.75) is 12.8 Å². The number of fused-ring (bicyclic) bond motifs is 1. The van der Waals surface area contributed by atoms with Crippen molar-refractivity contribution in [2.24, 2.45) is 5.92 Å². The quantitative estimate of drug-likeness (QED) is 0.365. The summed E-state index contributed by atoms with van der Waals surface area (Å²) in [5, 5.41) is 4.37. The topological polar surface area (TPSA) is 131 Å². The molecule has 1 aromatic carbocycles. The van der Waals surface area contributed by atoms with Crippen molar-refractivity contribution >= 4 is 29.3 Å². The molecule has 204 valence electrons. The van der Waals surface area contributed by atoms with Crippen LogP contribution in [0.2, 0.25) is 0 Å². The number of halogens is 1. The largest absolute Gasteiger partial charge is 0.465 e. The van der Waals surface area contributed by atoms with E-state index in [1.54, 1.807) is 30.5 Å². The molecule has 3 aromatic heterocycles. The van der Waals surface area contributed by atoms with Crippen LogP contribution in [0.15, 0.2) is 41.0 Å². The number of ether oxygens (including phenoxy) is 1. The van der Waals surface area contributed by atoms with E-state index in [1.165, 1.54) is 17.7 Å². The van der Waals surface area contributed by atoms with E-state index >= 15 is 0 Å². The number of piperazine rings is 1. The summed E-state index contributed by atoms with van der Waals surface area (Å²) in [6.07, 6.45) is 3.71. The Labute approximate surface area is 224 Å². The standard InChI is InChI=1S/C26H30FN9O3/c1-38-23(37)18-6-7-20(19(27)14-18)34-11-9-33(10-12-34)15-17-4-2-8-35(16-17)25-30-24(28)36-26(31-25)29-22(32-36)21-5-3-13-39-21/h3,5-7,13-14,17H,2,4,8-12,15-16H2,1H3,(H2,28,29,30,31,32). The number of benzene rings is 1.